The molecule has 0 radical (unpaired) electrons. The summed E-state index contributed by atoms with van der Waals surface area (Å²) < 4.78 is 41.2. The number of aliphatic carboxylic acids is 2. The number of carboxylic acid groups (broad SMARTS) is 2. The summed E-state index contributed by atoms with van der Waals surface area (Å²) >= 11 is 0. The minimum atomic E-state index is -2.91. The number of aliphatic hydroxyl groups excluding tert-OH is 12. The third kappa shape index (κ3) is 9.79. The fraction of sp³-hybridized carbons (Fsp3) is 0.946. The lowest BCUT2D eigenvalue weighted by Crippen LogP contribution is -2.68. The number of hydrogen-bond acceptors (Lipinski definition) is 21. The van der Waals surface area contributed by atoms with Crippen molar-refractivity contribution in [3.05, 3.63) is 0 Å². The number of aliphatic hydroxyl groups is 12. The monoisotopic (exact) mass is 876 g/mol. The fourth-order valence-electron chi connectivity index (χ4n) is 8.31. The van der Waals surface area contributed by atoms with Crippen molar-refractivity contribution in [1.82, 2.24) is 0 Å². The van der Waals surface area contributed by atoms with Crippen LogP contribution in [0.25, 0.3) is 0 Å². The van der Waals surface area contributed by atoms with E-state index in [1.165, 1.54) is 13.8 Å². The molecule has 0 aromatic rings. The Hall–Kier alpha value is -1.82. The van der Waals surface area contributed by atoms with Gasteiger partial charge in [-0.2, -0.15) is 0 Å². The number of carboxylic acids is 2. The minimum Gasteiger partial charge on any atom is -0.477 e. The third-order valence-electron chi connectivity index (χ3n) is 12.9. The first-order valence-electron chi connectivity index (χ1n) is 19.9. The summed E-state index contributed by atoms with van der Waals surface area (Å²) in [5.74, 6) is -12.3. The SMILES string of the molecule is CC(C)C1(C)OC(CO[C@]2(C(=O)O)C[C@@H](O)[C@@H](C)C([C@@H](O)[C@H](O)CO)O2)C(O)[C@H](O[C@@H]2OC(CO)[C@H](O)[C@H](O[C@]3(C(=O)O)C[C@@H](O)[C@@H](C)C([C@@H](O)[C@H](O)CO)O3)C2O)[C@@H]1C. The molecule has 22 atom stereocenters. The zero-order valence-corrected chi connectivity index (χ0v) is 34.2. The van der Waals surface area contributed by atoms with Crippen LogP contribution in [0.5, 0.6) is 0 Å². The molecule has 0 spiro atoms. The van der Waals surface area contributed by atoms with Crippen molar-refractivity contribution in [3.8, 4) is 0 Å². The molecule has 0 amide bonds. The van der Waals surface area contributed by atoms with Crippen LogP contribution < -0.4 is 0 Å². The predicted molar refractivity (Wildman–Crippen MR) is 195 cm³/mol. The number of rotatable bonds is 17. The quantitative estimate of drug-likeness (QED) is 0.0648. The Labute approximate surface area is 345 Å². The van der Waals surface area contributed by atoms with E-state index in [1.807, 2.05) is 0 Å². The molecule has 0 bridgehead atoms. The van der Waals surface area contributed by atoms with E-state index in [-0.39, 0.29) is 5.92 Å². The second kappa shape index (κ2) is 19.9. The van der Waals surface area contributed by atoms with Crippen LogP contribution in [0.15, 0.2) is 0 Å². The van der Waals surface area contributed by atoms with Crippen LogP contribution in [0.3, 0.4) is 0 Å². The Morgan fingerprint density at radius 1 is 0.700 bits per heavy atom. The van der Waals surface area contributed by atoms with E-state index in [1.54, 1.807) is 27.7 Å². The normalized spacial score (nSPS) is 46.1. The Kier molecular flexibility index (Phi) is 16.9. The molecule has 4 rings (SSSR count). The molecule has 14 N–H and O–H groups in total. The topological polar surface area (TPSA) is 382 Å². The first kappa shape index (κ1) is 50.8. The largest absolute Gasteiger partial charge is 0.477 e. The van der Waals surface area contributed by atoms with E-state index in [0.717, 1.165) is 0 Å². The van der Waals surface area contributed by atoms with Gasteiger partial charge < -0.3 is 105 Å². The van der Waals surface area contributed by atoms with Gasteiger partial charge in [0.2, 0.25) is 0 Å². The highest BCUT2D eigenvalue weighted by Crippen LogP contribution is 2.45. The van der Waals surface area contributed by atoms with Gasteiger partial charge >= 0.3 is 11.9 Å². The lowest BCUT2D eigenvalue weighted by Gasteiger charge is -2.54. The predicted octanol–water partition coefficient (Wildman–Crippen LogP) is -5.42. The molecule has 4 fully saturated rings. The van der Waals surface area contributed by atoms with Crippen molar-refractivity contribution in [1.29, 1.82) is 0 Å². The molecular weight excluding hydrogens is 812 g/mol. The van der Waals surface area contributed by atoms with Gasteiger partial charge in [-0.05, 0) is 12.8 Å². The number of ether oxygens (including phenoxy) is 7. The van der Waals surface area contributed by atoms with Gasteiger partial charge in [0.05, 0.1) is 62.5 Å². The third-order valence-corrected chi connectivity index (χ3v) is 12.9. The molecule has 4 aliphatic heterocycles. The second-order valence-electron chi connectivity index (χ2n) is 17.0. The van der Waals surface area contributed by atoms with Crippen LogP contribution in [0, 0.1) is 23.7 Å². The average molecular weight is 877 g/mol. The van der Waals surface area contributed by atoms with Gasteiger partial charge in [0.1, 0.15) is 61.0 Å². The first-order valence-corrected chi connectivity index (χ1v) is 19.9. The van der Waals surface area contributed by atoms with Crippen LogP contribution in [0.1, 0.15) is 54.4 Å². The maximum absolute atomic E-state index is 12.8. The summed E-state index contributed by atoms with van der Waals surface area (Å²) in [6.45, 7) is 6.03. The van der Waals surface area contributed by atoms with Crippen molar-refractivity contribution in [3.63, 3.8) is 0 Å². The van der Waals surface area contributed by atoms with Gasteiger partial charge in [-0.3, -0.25) is 0 Å². The molecule has 350 valence electrons. The summed E-state index contributed by atoms with van der Waals surface area (Å²) in [5, 5.41) is 148. The van der Waals surface area contributed by atoms with E-state index in [0.29, 0.717) is 0 Å². The Bertz CT molecular complexity index is 1430. The van der Waals surface area contributed by atoms with Gasteiger partial charge in [-0.1, -0.05) is 34.6 Å². The average Bonchev–Trinajstić information content (AvgIpc) is 3.20. The highest BCUT2D eigenvalue weighted by atomic mass is 16.8. The number of hydrogen-bond donors (Lipinski definition) is 14. The van der Waals surface area contributed by atoms with Crippen molar-refractivity contribution in [2.45, 2.75) is 169 Å². The summed E-state index contributed by atoms with van der Waals surface area (Å²) in [4.78, 5) is 25.5. The molecule has 4 aliphatic rings. The van der Waals surface area contributed by atoms with Crippen LogP contribution >= 0.6 is 0 Å². The first-order chi connectivity index (χ1) is 27.9. The van der Waals surface area contributed by atoms with Crippen molar-refractivity contribution >= 4 is 11.9 Å². The molecule has 7 unspecified atom stereocenters. The Balaban J connectivity index is 1.64. The van der Waals surface area contributed by atoms with Crippen molar-refractivity contribution in [2.24, 2.45) is 23.7 Å². The molecule has 23 nitrogen and oxygen atoms in total. The molecule has 60 heavy (non-hydrogen) atoms. The van der Waals surface area contributed by atoms with Crippen LogP contribution in [0.2, 0.25) is 0 Å². The zero-order chi connectivity index (χ0) is 45.4. The molecule has 0 aromatic carbocycles. The maximum atomic E-state index is 12.8. The lowest BCUT2D eigenvalue weighted by molar-refractivity contribution is -0.386. The van der Waals surface area contributed by atoms with Gasteiger partial charge in [0.25, 0.3) is 11.6 Å². The van der Waals surface area contributed by atoms with Crippen molar-refractivity contribution in [2.75, 3.05) is 26.4 Å². The van der Waals surface area contributed by atoms with E-state index < -0.39 is 184 Å². The van der Waals surface area contributed by atoms with E-state index in [9.17, 15) is 81.1 Å². The summed E-state index contributed by atoms with van der Waals surface area (Å²) in [6, 6.07) is 0. The molecule has 0 aliphatic carbocycles. The van der Waals surface area contributed by atoms with Crippen molar-refractivity contribution < 1.29 is 114 Å². The highest BCUT2D eigenvalue weighted by Gasteiger charge is 2.61. The van der Waals surface area contributed by atoms with Crippen LogP contribution in [-0.4, -0.2) is 225 Å². The van der Waals surface area contributed by atoms with Gasteiger partial charge in [-0.25, -0.2) is 9.59 Å². The molecule has 4 saturated heterocycles. The fourth-order valence-corrected chi connectivity index (χ4v) is 8.31. The highest BCUT2D eigenvalue weighted by molar-refractivity contribution is 5.76. The summed E-state index contributed by atoms with van der Waals surface area (Å²) in [7, 11) is 0. The summed E-state index contributed by atoms with van der Waals surface area (Å²) in [5.41, 5.74) is -1.23. The molecule has 0 saturated carbocycles. The zero-order valence-electron chi connectivity index (χ0n) is 34.2. The molecule has 0 aromatic heterocycles. The standard InChI is InChI=1S/C37H64O23/c1-13(2)35(6)16(5)30(26(48)22(57-35)12-54-36(33(50)51)7-17(41)14(3)28(58-36)23(45)19(43)9-38)56-32-27(49)31(25(47)21(11-40)55-32)60-37(34(52)53)8-18(42)15(4)29(59-37)24(46)20(44)10-39/h13-32,38-49H,7-12H2,1-6H3,(H,50,51)(H,52,53)/t14-,15-,16+,17-,18-,19-,20-,21?,22?,23+,24+,25+,26?,27?,28?,29?,30-,31+,32+,35?,36-,37+/m1/s1. The van der Waals surface area contributed by atoms with E-state index in [2.05, 4.69) is 0 Å². The van der Waals surface area contributed by atoms with Gasteiger partial charge in [-0.15, -0.1) is 0 Å². The Morgan fingerprint density at radius 3 is 1.62 bits per heavy atom. The number of carbonyl (C=O) groups is 2. The summed E-state index contributed by atoms with van der Waals surface area (Å²) in [6.07, 6.45) is -29.5. The van der Waals surface area contributed by atoms with E-state index >= 15 is 0 Å². The molecule has 4 heterocycles. The smallest absolute Gasteiger partial charge is 0.364 e. The molecular formula is C37H64O23. The molecule has 23 heteroatoms. The van der Waals surface area contributed by atoms with E-state index in [4.69, 9.17) is 33.2 Å². The van der Waals surface area contributed by atoms with Gasteiger partial charge in [0.15, 0.2) is 6.29 Å². The van der Waals surface area contributed by atoms with Crippen LogP contribution in [-0.2, 0) is 42.7 Å². The Morgan fingerprint density at radius 2 is 1.17 bits per heavy atom. The van der Waals surface area contributed by atoms with Crippen LogP contribution in [0.4, 0.5) is 0 Å². The maximum Gasteiger partial charge on any atom is 0.364 e. The second-order valence-corrected chi connectivity index (χ2v) is 17.0. The lowest BCUT2D eigenvalue weighted by atomic mass is 9.73. The van der Waals surface area contributed by atoms with Gasteiger partial charge in [0, 0.05) is 30.6 Å². The minimum absolute atomic E-state index is 0.365.